The van der Waals surface area contributed by atoms with Gasteiger partial charge in [-0.2, -0.15) is 6.08 Å². The summed E-state index contributed by atoms with van der Waals surface area (Å²) < 4.78 is 0. The third-order valence-electron chi connectivity index (χ3n) is 1.19. The van der Waals surface area contributed by atoms with Crippen molar-refractivity contribution in [1.82, 2.24) is 0 Å². The molecule has 0 saturated carbocycles. The van der Waals surface area contributed by atoms with Crippen LogP contribution in [0.2, 0.25) is 0 Å². The van der Waals surface area contributed by atoms with Crippen LogP contribution in [0.4, 0.5) is 0 Å². The second-order valence-corrected chi connectivity index (χ2v) is 1.73. The van der Waals surface area contributed by atoms with Gasteiger partial charge in [0.25, 0.3) is 0 Å². The van der Waals surface area contributed by atoms with E-state index < -0.39 is 0 Å². The summed E-state index contributed by atoms with van der Waals surface area (Å²) in [6.07, 6.45) is 10.6. The van der Waals surface area contributed by atoms with E-state index in [0.717, 1.165) is 0 Å². The first-order chi connectivity index (χ1) is 3.43. The van der Waals surface area contributed by atoms with Gasteiger partial charge in [0.1, 0.15) is 0 Å². The van der Waals surface area contributed by atoms with Crippen molar-refractivity contribution in [2.45, 2.75) is 13.3 Å². The van der Waals surface area contributed by atoms with Gasteiger partial charge in [-0.25, -0.2) is 12.2 Å². The van der Waals surface area contributed by atoms with Crippen LogP contribution in [0.1, 0.15) is 13.3 Å². The van der Waals surface area contributed by atoms with E-state index in [4.69, 9.17) is 0 Å². The molecule has 0 aromatic carbocycles. The Balaban J connectivity index is -0.000000163. The monoisotopic (exact) mass is 213 g/mol. The Morgan fingerprint density at radius 2 is 2.00 bits per heavy atom. The van der Waals surface area contributed by atoms with E-state index in [-0.39, 0.29) is 46.5 Å². The van der Waals surface area contributed by atoms with Crippen LogP contribution in [-0.2, 0) is 21.7 Å². The molecule has 58 valence electrons. The van der Waals surface area contributed by atoms with E-state index in [9.17, 15) is 0 Å². The number of rotatable bonds is 1. The van der Waals surface area contributed by atoms with Crippen LogP contribution in [0.3, 0.4) is 0 Å². The molecule has 0 bridgehead atoms. The van der Waals surface area contributed by atoms with Crippen molar-refractivity contribution in [1.29, 1.82) is 0 Å². The first kappa shape index (κ1) is 17.0. The molecule has 0 N–H and O–H groups in total. The molecule has 3 heteroatoms. The topological polar surface area (TPSA) is 0 Å². The summed E-state index contributed by atoms with van der Waals surface area (Å²) >= 11 is 0. The molecule has 0 aliphatic heterocycles. The minimum Gasteiger partial charge on any atom is -0.270 e. The summed E-state index contributed by atoms with van der Waals surface area (Å²) in [5, 5.41) is 0. The third kappa shape index (κ3) is 5.55. The summed E-state index contributed by atoms with van der Waals surface area (Å²) in [6.45, 7) is 2.17. The van der Waals surface area contributed by atoms with Gasteiger partial charge < -0.3 is 0 Å². The second-order valence-electron chi connectivity index (χ2n) is 1.73. The van der Waals surface area contributed by atoms with Gasteiger partial charge in [-0.1, -0.05) is 19.3 Å². The normalized spacial score (nSPS) is 18.7. The molecule has 10 heavy (non-hydrogen) atoms. The van der Waals surface area contributed by atoms with Gasteiger partial charge in [-0.05, 0) is 0 Å². The van der Waals surface area contributed by atoms with Crippen LogP contribution >= 0.6 is 24.8 Å². The zero-order valence-corrected chi connectivity index (χ0v) is 9.03. The Hall–Kier alpha value is 0.774. The van der Waals surface area contributed by atoms with E-state index >= 15 is 0 Å². The molecule has 0 aromatic rings. The van der Waals surface area contributed by atoms with Crippen molar-refractivity contribution in [3.05, 3.63) is 24.3 Å². The van der Waals surface area contributed by atoms with Gasteiger partial charge >= 0.3 is 0 Å². The van der Waals surface area contributed by atoms with E-state index in [1.807, 2.05) is 12.2 Å². The van der Waals surface area contributed by atoms with Crippen LogP contribution in [-0.4, -0.2) is 0 Å². The van der Waals surface area contributed by atoms with Gasteiger partial charge in [-0.3, -0.25) is 6.08 Å². The molecular formula is C7H11Cl2Ti-. The maximum Gasteiger partial charge on any atom is 0 e. The Labute approximate surface area is 89.9 Å². The standard InChI is InChI=1S/C7H9.2ClH.Ti/c1-2-7-5-3-4-6-7;;;/h3-5,7H,2H2,1H3;2*1H;/q-1;;;. The molecule has 0 heterocycles. The predicted molar refractivity (Wildman–Crippen MR) is 45.2 cm³/mol. The van der Waals surface area contributed by atoms with Crippen molar-refractivity contribution in [3.8, 4) is 0 Å². The Morgan fingerprint density at radius 1 is 1.40 bits per heavy atom. The first-order valence-electron chi connectivity index (χ1n) is 2.69. The summed E-state index contributed by atoms with van der Waals surface area (Å²) in [6, 6.07) is 0. The number of allylic oxidation sites excluding steroid dienone is 4. The predicted octanol–water partition coefficient (Wildman–Crippen LogP) is 2.78. The summed E-state index contributed by atoms with van der Waals surface area (Å²) in [7, 11) is 0. The zero-order chi connectivity index (χ0) is 5.11. The van der Waals surface area contributed by atoms with Crippen molar-refractivity contribution in [3.63, 3.8) is 0 Å². The van der Waals surface area contributed by atoms with Crippen LogP contribution < -0.4 is 0 Å². The molecule has 0 radical (unpaired) electrons. The SMILES string of the molecule is CCC1[C-]=CC=C1.Cl.Cl.[Ti]. The van der Waals surface area contributed by atoms with Crippen LogP contribution in [0, 0.1) is 12.0 Å². The Kier molecular flexibility index (Phi) is 16.6. The minimum absolute atomic E-state index is 0. The molecule has 1 aliphatic carbocycles. The fraction of sp³-hybridized carbons (Fsp3) is 0.429. The maximum absolute atomic E-state index is 3.17. The van der Waals surface area contributed by atoms with Crippen LogP contribution in [0.25, 0.3) is 0 Å². The summed E-state index contributed by atoms with van der Waals surface area (Å²) in [5.74, 6) is 0.611. The van der Waals surface area contributed by atoms with Crippen LogP contribution in [0.15, 0.2) is 18.2 Å². The first-order valence-corrected chi connectivity index (χ1v) is 2.69. The van der Waals surface area contributed by atoms with Gasteiger partial charge in [0.05, 0.1) is 0 Å². The average Bonchev–Trinajstić information content (AvgIpc) is 2.14. The third-order valence-corrected chi connectivity index (χ3v) is 1.19. The average molecular weight is 214 g/mol. The number of hydrogen-bond donors (Lipinski definition) is 0. The molecule has 1 aliphatic rings. The molecule has 0 fully saturated rings. The van der Waals surface area contributed by atoms with Crippen LogP contribution in [0.5, 0.6) is 0 Å². The second kappa shape index (κ2) is 9.77. The fourth-order valence-electron chi connectivity index (χ4n) is 0.678. The van der Waals surface area contributed by atoms with Crippen molar-refractivity contribution in [2.24, 2.45) is 5.92 Å². The smallest absolute Gasteiger partial charge is 0 e. The van der Waals surface area contributed by atoms with Crippen molar-refractivity contribution >= 4 is 24.8 Å². The molecule has 0 saturated heterocycles. The number of halogens is 2. The van der Waals surface area contributed by atoms with E-state index in [1.165, 1.54) is 6.42 Å². The molecule has 0 nitrogen and oxygen atoms in total. The molecule has 0 spiro atoms. The van der Waals surface area contributed by atoms with E-state index in [1.54, 1.807) is 0 Å². The molecule has 1 unspecified atom stereocenters. The Morgan fingerprint density at radius 3 is 2.20 bits per heavy atom. The zero-order valence-electron chi connectivity index (χ0n) is 5.83. The molecule has 1 rings (SSSR count). The van der Waals surface area contributed by atoms with E-state index in [2.05, 4.69) is 19.1 Å². The van der Waals surface area contributed by atoms with E-state index in [0.29, 0.717) is 5.92 Å². The largest absolute Gasteiger partial charge is 0.270 e. The maximum atomic E-state index is 3.17. The molecular weight excluding hydrogens is 203 g/mol. The van der Waals surface area contributed by atoms with Crippen molar-refractivity contribution in [2.75, 3.05) is 0 Å². The van der Waals surface area contributed by atoms with Crippen molar-refractivity contribution < 1.29 is 21.7 Å². The summed E-state index contributed by atoms with van der Waals surface area (Å²) in [4.78, 5) is 0. The van der Waals surface area contributed by atoms with Gasteiger partial charge in [-0.15, -0.1) is 24.8 Å². The molecule has 0 aromatic heterocycles. The molecule has 0 amide bonds. The van der Waals surface area contributed by atoms with Gasteiger partial charge in [0.15, 0.2) is 0 Å². The fourth-order valence-corrected chi connectivity index (χ4v) is 0.678. The van der Waals surface area contributed by atoms with Gasteiger partial charge in [0, 0.05) is 21.7 Å². The summed E-state index contributed by atoms with van der Waals surface area (Å²) in [5.41, 5.74) is 0. The van der Waals surface area contributed by atoms with Gasteiger partial charge in [0.2, 0.25) is 0 Å². The minimum atomic E-state index is 0. The molecule has 1 atom stereocenters. The quantitative estimate of drug-likeness (QED) is 0.465. The Bertz CT molecular complexity index is 98.2. The number of hydrogen-bond acceptors (Lipinski definition) is 0.